The normalized spacial score (nSPS) is 25.8. The fourth-order valence-electron chi connectivity index (χ4n) is 14.7. The number of ether oxygens (including phenoxy) is 8. The lowest BCUT2D eigenvalue weighted by molar-refractivity contribution is -0.360. The Morgan fingerprint density at radius 3 is 1.14 bits per heavy atom. The van der Waals surface area contributed by atoms with Gasteiger partial charge in [-0.1, -0.05) is 270 Å². The van der Waals surface area contributed by atoms with Crippen LogP contribution in [0.3, 0.4) is 0 Å². The number of hydrogen-bond donors (Lipinski definition) is 10. The molecule has 19 atom stereocenters. The SMILES string of the molecule is CCCCCCCC/C=C\CCCCCC(=O)OCC(COP(=O)(O)OC1C(OC2OC(CO)C(O)C(O)C2O)C(O)C(O)C(OC(=O)CCCCC/C=C\CCCCCCCC)C1OC1OC(COC(=O)CCCCCCCCC(C)CCCCCCCC)C(O)C(O)C1O)OC(=O)CCCCC/C=C\CCCCCCCC. The van der Waals surface area contributed by atoms with Crippen LogP contribution in [0, 0.1) is 5.92 Å². The summed E-state index contributed by atoms with van der Waals surface area (Å²) in [7, 11) is -5.82. The molecule has 0 aromatic heterocycles. The number of allylic oxidation sites excluding steroid dienone is 6. The third-order valence-electron chi connectivity index (χ3n) is 22.0. The maximum atomic E-state index is 14.9. The smallest absolute Gasteiger partial charge is 0.463 e. The van der Waals surface area contributed by atoms with Gasteiger partial charge in [0.05, 0.1) is 13.2 Å². The Bertz CT molecular complexity index is 2540. The van der Waals surface area contributed by atoms with E-state index in [0.29, 0.717) is 44.4 Å². The molecule has 0 bridgehead atoms. The van der Waals surface area contributed by atoms with Crippen molar-refractivity contribution in [2.45, 2.75) is 466 Å². The maximum absolute atomic E-state index is 14.9. The van der Waals surface area contributed by atoms with Crippen molar-refractivity contribution in [1.82, 2.24) is 0 Å². The standard InChI is InChI=1S/C88H159O25P/c1-6-10-14-18-22-25-28-31-34-37-40-47-53-59-71(90)104-64-68(107-73(92)61-55-49-41-38-35-32-29-26-23-19-15-11-7-2)65-106-114(102,103)113-86-84(111-87-81(100)77(96)75(94)69(63-89)108-87)80(99)79(98)83(110-74(93)62-56-50-42-39-36-33-30-27-24-20-16-12-8-3)85(86)112-88-82(101)78(97)76(95)70(109-88)66-105-72(91)60-54-48-44-43-46-52-58-67(5)57-51-45-21-17-13-9-4/h31-36,67-70,75-89,94-101H,6-30,37-66H2,1-5H3,(H,102,103)/b34-31-,35-32-,36-33-. The quantitative estimate of drug-likeness (QED) is 0.00889. The van der Waals surface area contributed by atoms with Gasteiger partial charge in [0, 0.05) is 25.7 Å². The van der Waals surface area contributed by atoms with Crippen molar-refractivity contribution in [3.05, 3.63) is 36.5 Å². The van der Waals surface area contributed by atoms with Gasteiger partial charge in [0.2, 0.25) is 0 Å². The molecule has 26 heteroatoms. The van der Waals surface area contributed by atoms with Gasteiger partial charge >= 0.3 is 31.7 Å². The van der Waals surface area contributed by atoms with Gasteiger partial charge in [-0.25, -0.2) is 4.57 Å². The third-order valence-corrected chi connectivity index (χ3v) is 23.0. The number of unbranched alkanes of at least 4 members (excludes halogenated alkanes) is 37. The topological polar surface area (TPSA) is 380 Å². The van der Waals surface area contributed by atoms with Crippen molar-refractivity contribution >= 4 is 31.7 Å². The Kier molecular flexibility index (Phi) is 61.1. The molecule has 19 unspecified atom stereocenters. The van der Waals surface area contributed by atoms with Gasteiger partial charge in [-0.3, -0.25) is 28.2 Å². The van der Waals surface area contributed by atoms with E-state index in [4.69, 9.17) is 46.9 Å². The van der Waals surface area contributed by atoms with Crippen molar-refractivity contribution in [3.8, 4) is 0 Å². The van der Waals surface area contributed by atoms with Gasteiger partial charge in [-0.2, -0.15) is 0 Å². The van der Waals surface area contributed by atoms with Gasteiger partial charge in [-0.15, -0.1) is 0 Å². The lowest BCUT2D eigenvalue weighted by Gasteiger charge is -2.50. The molecule has 2 heterocycles. The number of phosphoric ester groups is 1. The summed E-state index contributed by atoms with van der Waals surface area (Å²) in [5.41, 5.74) is 0. The van der Waals surface area contributed by atoms with Crippen LogP contribution in [-0.4, -0.2) is 205 Å². The van der Waals surface area contributed by atoms with E-state index in [9.17, 15) is 74.6 Å². The maximum Gasteiger partial charge on any atom is 0.472 e. The number of carbonyl (C=O) groups excluding carboxylic acids is 4. The van der Waals surface area contributed by atoms with Gasteiger partial charge < -0.3 is 88.7 Å². The molecule has 3 rings (SSSR count). The zero-order valence-corrected chi connectivity index (χ0v) is 71.7. The summed E-state index contributed by atoms with van der Waals surface area (Å²) in [6.07, 6.45) is 24.7. The lowest BCUT2D eigenvalue weighted by Crippen LogP contribution is -2.70. The zero-order valence-electron chi connectivity index (χ0n) is 70.8. The van der Waals surface area contributed by atoms with Crippen molar-refractivity contribution in [3.63, 3.8) is 0 Å². The van der Waals surface area contributed by atoms with Crippen LogP contribution in [0.5, 0.6) is 0 Å². The Balaban J connectivity index is 1.95. The Morgan fingerprint density at radius 1 is 0.368 bits per heavy atom. The fourth-order valence-corrected chi connectivity index (χ4v) is 15.6. The molecule has 1 saturated carbocycles. The Morgan fingerprint density at radius 2 is 0.711 bits per heavy atom. The second-order valence-corrected chi connectivity index (χ2v) is 33.8. The van der Waals surface area contributed by atoms with E-state index in [2.05, 4.69) is 71.1 Å². The summed E-state index contributed by atoms with van der Waals surface area (Å²) >= 11 is 0. The van der Waals surface area contributed by atoms with E-state index in [1.54, 1.807) is 0 Å². The molecule has 1 aliphatic carbocycles. The molecule has 0 radical (unpaired) electrons. The summed E-state index contributed by atoms with van der Waals surface area (Å²) in [6, 6.07) is 0. The third kappa shape index (κ3) is 47.0. The number of hydrogen-bond acceptors (Lipinski definition) is 24. The molecule has 666 valence electrons. The van der Waals surface area contributed by atoms with Crippen LogP contribution in [-0.2, 0) is 70.7 Å². The molecule has 3 fully saturated rings. The first-order valence-corrected chi connectivity index (χ1v) is 46.6. The minimum atomic E-state index is -5.82. The first-order chi connectivity index (χ1) is 55.1. The molecular weight excluding hydrogens is 1490 g/mol. The van der Waals surface area contributed by atoms with Gasteiger partial charge in [0.1, 0.15) is 92.6 Å². The van der Waals surface area contributed by atoms with Crippen molar-refractivity contribution < 1.29 is 122 Å². The largest absolute Gasteiger partial charge is 0.472 e. The molecule has 0 aromatic rings. The summed E-state index contributed by atoms with van der Waals surface area (Å²) in [4.78, 5) is 66.3. The average molecular weight is 1650 g/mol. The second-order valence-electron chi connectivity index (χ2n) is 32.4. The molecule has 2 saturated heterocycles. The minimum Gasteiger partial charge on any atom is -0.463 e. The molecule has 0 spiro atoms. The Hall–Kier alpha value is -3.31. The fraction of sp³-hybridized carbons (Fsp3) is 0.886. The molecule has 3 aliphatic rings. The molecule has 0 aromatic carbocycles. The summed E-state index contributed by atoms with van der Waals surface area (Å²) in [5, 5.41) is 102. The van der Waals surface area contributed by atoms with Gasteiger partial charge in [0.25, 0.3) is 0 Å². The summed E-state index contributed by atoms with van der Waals surface area (Å²) in [5.74, 6) is -2.35. The molecule has 25 nitrogen and oxygen atoms in total. The number of phosphoric acid groups is 1. The van der Waals surface area contributed by atoms with E-state index in [0.717, 1.165) is 116 Å². The van der Waals surface area contributed by atoms with Crippen molar-refractivity contribution in [2.24, 2.45) is 5.92 Å². The molecule has 0 amide bonds. The predicted octanol–water partition coefficient (Wildman–Crippen LogP) is 15.8. The zero-order chi connectivity index (χ0) is 83.4. The monoisotopic (exact) mass is 1650 g/mol. The van der Waals surface area contributed by atoms with Crippen LogP contribution in [0.4, 0.5) is 0 Å². The van der Waals surface area contributed by atoms with Crippen molar-refractivity contribution in [1.29, 1.82) is 0 Å². The Labute approximate surface area is 685 Å². The van der Waals surface area contributed by atoms with E-state index < -0.39 is 162 Å². The minimum absolute atomic E-state index is 0.00822. The average Bonchev–Trinajstić information content (AvgIpc) is 0.755. The van der Waals surface area contributed by atoms with Crippen LogP contribution < -0.4 is 0 Å². The van der Waals surface area contributed by atoms with E-state index in [1.807, 2.05) is 0 Å². The van der Waals surface area contributed by atoms with E-state index >= 15 is 0 Å². The second kappa shape index (κ2) is 66.4. The summed E-state index contributed by atoms with van der Waals surface area (Å²) in [6.45, 7) is 7.82. The van der Waals surface area contributed by atoms with Crippen LogP contribution in [0.15, 0.2) is 36.5 Å². The molecule has 114 heavy (non-hydrogen) atoms. The first kappa shape index (κ1) is 105. The van der Waals surface area contributed by atoms with E-state index in [-0.39, 0.29) is 32.1 Å². The van der Waals surface area contributed by atoms with Crippen LogP contribution >= 0.6 is 7.82 Å². The highest BCUT2D eigenvalue weighted by Crippen LogP contribution is 2.49. The van der Waals surface area contributed by atoms with Crippen LogP contribution in [0.1, 0.15) is 362 Å². The highest BCUT2D eigenvalue weighted by atomic mass is 31.2. The summed E-state index contributed by atoms with van der Waals surface area (Å²) < 4.78 is 73.2. The van der Waals surface area contributed by atoms with Gasteiger partial charge in [-0.05, 0) is 109 Å². The highest BCUT2D eigenvalue weighted by molar-refractivity contribution is 7.47. The predicted molar refractivity (Wildman–Crippen MR) is 439 cm³/mol. The molecule has 2 aliphatic heterocycles. The van der Waals surface area contributed by atoms with Crippen LogP contribution in [0.2, 0.25) is 0 Å². The lowest BCUT2D eigenvalue weighted by atomic mass is 9.84. The molecule has 10 N–H and O–H groups in total. The number of rotatable bonds is 71. The van der Waals surface area contributed by atoms with Gasteiger partial charge in [0.15, 0.2) is 24.8 Å². The molecular formula is C88H159O25P. The van der Waals surface area contributed by atoms with Crippen molar-refractivity contribution in [2.75, 3.05) is 26.4 Å². The number of carbonyl (C=O) groups is 4. The number of esters is 4. The number of aliphatic hydroxyl groups is 9. The first-order valence-electron chi connectivity index (χ1n) is 45.1. The van der Waals surface area contributed by atoms with E-state index in [1.165, 1.54) is 141 Å². The van der Waals surface area contributed by atoms with Crippen LogP contribution in [0.25, 0.3) is 0 Å². The number of aliphatic hydroxyl groups excluding tert-OH is 9. The highest BCUT2D eigenvalue weighted by Gasteiger charge is 2.60.